The summed E-state index contributed by atoms with van der Waals surface area (Å²) < 4.78 is 32.0. The van der Waals surface area contributed by atoms with Crippen LogP contribution in [-0.4, -0.2) is 29.1 Å². The van der Waals surface area contributed by atoms with E-state index in [-0.39, 0.29) is 28.1 Å². The predicted octanol–water partition coefficient (Wildman–Crippen LogP) is 2.71. The second-order valence-corrected chi connectivity index (χ2v) is 4.44. The van der Waals surface area contributed by atoms with Gasteiger partial charge < -0.3 is 15.4 Å². The number of nitrogens with zero attached hydrogens (tertiary/aromatic N) is 3. The molecule has 1 aromatic heterocycles. The number of rotatable bonds is 4. The molecular formula is C11H10BrF2N5O. The number of ether oxygens (including phenoxy) is 1. The Bertz CT molecular complexity index is 618. The van der Waals surface area contributed by atoms with Crippen LogP contribution in [0.25, 0.3) is 0 Å². The van der Waals surface area contributed by atoms with E-state index in [0.717, 1.165) is 12.1 Å². The molecule has 0 amide bonds. The Morgan fingerprint density at radius 1 is 1.10 bits per heavy atom. The summed E-state index contributed by atoms with van der Waals surface area (Å²) in [5, 5.41) is 5.28. The maximum Gasteiger partial charge on any atom is 0.322 e. The Labute approximate surface area is 121 Å². The maximum absolute atomic E-state index is 13.7. The number of anilines is 3. The van der Waals surface area contributed by atoms with Gasteiger partial charge in [0.15, 0.2) is 0 Å². The minimum atomic E-state index is -0.649. The van der Waals surface area contributed by atoms with Crippen LogP contribution in [0.2, 0.25) is 0 Å². The van der Waals surface area contributed by atoms with Crippen LogP contribution in [0.1, 0.15) is 0 Å². The standard InChI is InChI=1S/C11H10BrF2N5O/c1-15-9-17-10(19-11(18-9)20-2)16-8-4-6(13)5(12)3-7(8)14/h3-4H,1-2H3,(H2,15,16,17,18,19). The first kappa shape index (κ1) is 14.4. The highest BCUT2D eigenvalue weighted by Crippen LogP contribution is 2.25. The van der Waals surface area contributed by atoms with Crippen molar-refractivity contribution in [3.8, 4) is 6.01 Å². The predicted molar refractivity (Wildman–Crippen MR) is 73.3 cm³/mol. The van der Waals surface area contributed by atoms with Crippen molar-refractivity contribution in [1.29, 1.82) is 0 Å². The van der Waals surface area contributed by atoms with E-state index >= 15 is 0 Å². The molecule has 0 aliphatic rings. The van der Waals surface area contributed by atoms with Crippen molar-refractivity contribution in [2.75, 3.05) is 24.8 Å². The number of aromatic nitrogens is 3. The zero-order valence-corrected chi connectivity index (χ0v) is 12.1. The summed E-state index contributed by atoms with van der Waals surface area (Å²) in [5.74, 6) is -0.994. The van der Waals surface area contributed by atoms with Crippen molar-refractivity contribution in [3.05, 3.63) is 28.2 Å². The lowest BCUT2D eigenvalue weighted by atomic mass is 10.3. The smallest absolute Gasteiger partial charge is 0.322 e. The molecule has 0 fully saturated rings. The highest BCUT2D eigenvalue weighted by Gasteiger charge is 2.11. The molecule has 0 saturated heterocycles. The molecule has 0 radical (unpaired) electrons. The van der Waals surface area contributed by atoms with Gasteiger partial charge in [-0.05, 0) is 22.0 Å². The second-order valence-electron chi connectivity index (χ2n) is 3.59. The van der Waals surface area contributed by atoms with Crippen LogP contribution in [0.4, 0.5) is 26.4 Å². The Kier molecular flexibility index (Phi) is 4.28. The normalized spacial score (nSPS) is 10.2. The minimum absolute atomic E-state index is 0.0295. The molecule has 1 heterocycles. The van der Waals surface area contributed by atoms with Gasteiger partial charge in [0.2, 0.25) is 11.9 Å². The third-order valence-corrected chi connectivity index (χ3v) is 2.89. The topological polar surface area (TPSA) is 72.0 Å². The first-order valence-corrected chi connectivity index (χ1v) is 6.22. The zero-order valence-electron chi connectivity index (χ0n) is 10.5. The average molecular weight is 346 g/mol. The Balaban J connectivity index is 2.36. The van der Waals surface area contributed by atoms with Gasteiger partial charge in [-0.25, -0.2) is 8.78 Å². The summed E-state index contributed by atoms with van der Waals surface area (Å²) >= 11 is 2.90. The third kappa shape index (κ3) is 3.10. The molecule has 0 aliphatic heterocycles. The number of hydrogen-bond donors (Lipinski definition) is 2. The lowest BCUT2D eigenvalue weighted by molar-refractivity contribution is 0.379. The van der Waals surface area contributed by atoms with E-state index in [1.165, 1.54) is 7.11 Å². The molecule has 1 aromatic carbocycles. The summed E-state index contributed by atoms with van der Waals surface area (Å²) in [6.07, 6.45) is 0. The lowest BCUT2D eigenvalue weighted by Crippen LogP contribution is -2.06. The monoisotopic (exact) mass is 345 g/mol. The van der Waals surface area contributed by atoms with Crippen LogP contribution in [0, 0.1) is 11.6 Å². The van der Waals surface area contributed by atoms with E-state index in [4.69, 9.17) is 4.74 Å². The van der Waals surface area contributed by atoms with Gasteiger partial charge in [-0.15, -0.1) is 0 Å². The molecule has 6 nitrogen and oxygen atoms in total. The lowest BCUT2D eigenvalue weighted by Gasteiger charge is -2.09. The van der Waals surface area contributed by atoms with Crippen molar-refractivity contribution in [2.45, 2.75) is 0 Å². The maximum atomic E-state index is 13.7. The first-order chi connectivity index (χ1) is 9.53. The van der Waals surface area contributed by atoms with Gasteiger partial charge in [-0.2, -0.15) is 15.0 Å². The Hall–Kier alpha value is -2.03. The summed E-state index contributed by atoms with van der Waals surface area (Å²) in [6.45, 7) is 0. The molecule has 0 unspecified atom stereocenters. The van der Waals surface area contributed by atoms with Crippen LogP contribution in [-0.2, 0) is 0 Å². The zero-order chi connectivity index (χ0) is 14.7. The van der Waals surface area contributed by atoms with Gasteiger partial charge in [0.05, 0.1) is 17.3 Å². The number of nitrogens with one attached hydrogen (secondary N) is 2. The van der Waals surface area contributed by atoms with Crippen LogP contribution in [0.5, 0.6) is 6.01 Å². The fourth-order valence-corrected chi connectivity index (χ4v) is 1.67. The van der Waals surface area contributed by atoms with Gasteiger partial charge in [0.25, 0.3) is 0 Å². The van der Waals surface area contributed by atoms with Crippen LogP contribution in [0.3, 0.4) is 0 Å². The van der Waals surface area contributed by atoms with E-state index in [1.807, 2.05) is 0 Å². The van der Waals surface area contributed by atoms with Crippen LogP contribution < -0.4 is 15.4 Å². The Morgan fingerprint density at radius 2 is 1.80 bits per heavy atom. The van der Waals surface area contributed by atoms with Crippen LogP contribution >= 0.6 is 15.9 Å². The molecule has 2 aromatic rings. The number of methoxy groups -OCH3 is 1. The summed E-state index contributed by atoms with van der Waals surface area (Å²) in [7, 11) is 3.00. The fourth-order valence-electron chi connectivity index (χ4n) is 1.35. The largest absolute Gasteiger partial charge is 0.467 e. The molecule has 0 atom stereocenters. The summed E-state index contributed by atoms with van der Waals surface area (Å²) in [6, 6.07) is 2.05. The molecular weight excluding hydrogens is 336 g/mol. The highest BCUT2D eigenvalue weighted by atomic mass is 79.9. The van der Waals surface area contributed by atoms with E-state index < -0.39 is 11.6 Å². The molecule has 20 heavy (non-hydrogen) atoms. The van der Waals surface area contributed by atoms with Crippen molar-refractivity contribution < 1.29 is 13.5 Å². The first-order valence-electron chi connectivity index (χ1n) is 5.43. The van der Waals surface area contributed by atoms with Gasteiger partial charge in [0, 0.05) is 13.1 Å². The van der Waals surface area contributed by atoms with E-state index in [0.29, 0.717) is 0 Å². The number of halogens is 3. The molecule has 0 saturated carbocycles. The van der Waals surface area contributed by atoms with Crippen molar-refractivity contribution in [2.24, 2.45) is 0 Å². The highest BCUT2D eigenvalue weighted by molar-refractivity contribution is 9.10. The summed E-state index contributed by atoms with van der Waals surface area (Å²) in [5.41, 5.74) is -0.0963. The van der Waals surface area contributed by atoms with Crippen LogP contribution in [0.15, 0.2) is 16.6 Å². The fraction of sp³-hybridized carbons (Fsp3) is 0.182. The molecule has 106 valence electrons. The molecule has 0 aliphatic carbocycles. The van der Waals surface area contributed by atoms with Gasteiger partial charge in [-0.3, -0.25) is 0 Å². The summed E-state index contributed by atoms with van der Waals surface area (Å²) in [4.78, 5) is 11.8. The molecule has 2 rings (SSSR count). The second kappa shape index (κ2) is 5.95. The van der Waals surface area contributed by atoms with E-state index in [1.54, 1.807) is 7.05 Å². The minimum Gasteiger partial charge on any atom is -0.467 e. The molecule has 0 bridgehead atoms. The molecule has 2 N–H and O–H groups in total. The third-order valence-electron chi connectivity index (χ3n) is 2.28. The quantitative estimate of drug-likeness (QED) is 0.830. The number of benzene rings is 1. The SMILES string of the molecule is CNc1nc(Nc2cc(F)c(Br)cc2F)nc(OC)n1. The van der Waals surface area contributed by atoms with Crippen molar-refractivity contribution in [1.82, 2.24) is 15.0 Å². The number of hydrogen-bond acceptors (Lipinski definition) is 6. The Morgan fingerprint density at radius 3 is 2.45 bits per heavy atom. The van der Waals surface area contributed by atoms with Gasteiger partial charge >= 0.3 is 6.01 Å². The van der Waals surface area contributed by atoms with E-state index in [9.17, 15) is 8.78 Å². The average Bonchev–Trinajstić information content (AvgIpc) is 2.44. The molecule has 0 spiro atoms. The van der Waals surface area contributed by atoms with E-state index in [2.05, 4.69) is 41.5 Å². The van der Waals surface area contributed by atoms with Gasteiger partial charge in [0.1, 0.15) is 11.6 Å². The molecule has 9 heteroatoms. The van der Waals surface area contributed by atoms with Crippen molar-refractivity contribution in [3.63, 3.8) is 0 Å². The van der Waals surface area contributed by atoms with Gasteiger partial charge in [-0.1, -0.05) is 0 Å². The van der Waals surface area contributed by atoms with Crippen molar-refractivity contribution >= 4 is 33.5 Å².